The Labute approximate surface area is 65.5 Å². The van der Waals surface area contributed by atoms with Crippen LogP contribution in [-0.2, 0) is 0 Å². The number of aliphatic hydroxyl groups is 1. The molecule has 0 fully saturated rings. The molecule has 4 heteroatoms. The molecule has 0 spiro atoms. The quantitative estimate of drug-likeness (QED) is 0.405. The minimum absolute atomic E-state index is 0.197. The Balaban J connectivity index is 3.11. The first-order valence-corrected chi connectivity index (χ1v) is 4.27. The normalized spacial score (nSPS) is 13.0. The minimum Gasteiger partial charge on any atom is -0.395 e. The first kappa shape index (κ1) is 9.78. The van der Waals surface area contributed by atoms with Gasteiger partial charge in [-0.3, -0.25) is 5.41 Å². The van der Waals surface area contributed by atoms with Crippen LogP contribution in [0, 0.1) is 5.41 Å². The molecule has 0 saturated heterocycles. The van der Waals surface area contributed by atoms with Gasteiger partial charge < -0.3 is 10.8 Å². The van der Waals surface area contributed by atoms with Gasteiger partial charge in [-0.05, 0) is 0 Å². The third-order valence-electron chi connectivity index (χ3n) is 1.03. The lowest BCUT2D eigenvalue weighted by molar-refractivity contribution is 0.300. The second-order valence-corrected chi connectivity index (χ2v) is 3.69. The molecule has 0 heterocycles. The van der Waals surface area contributed by atoms with Gasteiger partial charge in [0.15, 0.2) is 0 Å². The van der Waals surface area contributed by atoms with E-state index < -0.39 is 0 Å². The summed E-state index contributed by atoms with van der Waals surface area (Å²) in [5, 5.41) is 15.8. The lowest BCUT2D eigenvalue weighted by Gasteiger charge is -2.05. The standard InChI is InChI=1S/C6H14N2OS/c1-5(4-9)10-3-2-6(7)8/h5,9H,2-4H2,1H3,(H3,7,8). The molecule has 0 rings (SSSR count). The summed E-state index contributed by atoms with van der Waals surface area (Å²) in [4.78, 5) is 0. The number of rotatable bonds is 5. The van der Waals surface area contributed by atoms with Crippen LogP contribution in [0.4, 0.5) is 0 Å². The van der Waals surface area contributed by atoms with Gasteiger partial charge in [0.2, 0.25) is 0 Å². The highest BCUT2D eigenvalue weighted by atomic mass is 32.2. The zero-order chi connectivity index (χ0) is 7.98. The van der Waals surface area contributed by atoms with E-state index in [0.717, 1.165) is 5.75 Å². The monoisotopic (exact) mass is 162 g/mol. The van der Waals surface area contributed by atoms with Crippen LogP contribution >= 0.6 is 11.8 Å². The Bertz CT molecular complexity index is 108. The average Bonchev–Trinajstić information content (AvgIpc) is 1.87. The minimum atomic E-state index is 0.197. The number of nitrogens with one attached hydrogen (secondary N) is 1. The third kappa shape index (κ3) is 5.91. The summed E-state index contributed by atoms with van der Waals surface area (Å²) in [6.45, 7) is 2.15. The summed E-state index contributed by atoms with van der Waals surface area (Å²) in [6, 6.07) is 0. The van der Waals surface area contributed by atoms with Crippen LogP contribution < -0.4 is 5.73 Å². The van der Waals surface area contributed by atoms with Crippen molar-refractivity contribution in [2.45, 2.75) is 18.6 Å². The summed E-state index contributed by atoms with van der Waals surface area (Å²) < 4.78 is 0. The average molecular weight is 162 g/mol. The zero-order valence-electron chi connectivity index (χ0n) is 6.13. The molecule has 1 unspecified atom stereocenters. The highest BCUT2D eigenvalue weighted by molar-refractivity contribution is 7.99. The molecule has 3 nitrogen and oxygen atoms in total. The highest BCUT2D eigenvalue weighted by Gasteiger charge is 1.99. The van der Waals surface area contributed by atoms with E-state index in [1.54, 1.807) is 11.8 Å². The molecule has 0 aromatic carbocycles. The van der Waals surface area contributed by atoms with Crippen molar-refractivity contribution in [3.8, 4) is 0 Å². The van der Waals surface area contributed by atoms with E-state index in [1.807, 2.05) is 6.92 Å². The molecule has 0 aromatic heterocycles. The van der Waals surface area contributed by atoms with Crippen LogP contribution in [0.25, 0.3) is 0 Å². The van der Waals surface area contributed by atoms with E-state index in [-0.39, 0.29) is 17.7 Å². The fourth-order valence-corrected chi connectivity index (χ4v) is 1.27. The number of amidine groups is 1. The van der Waals surface area contributed by atoms with Gasteiger partial charge in [0.25, 0.3) is 0 Å². The maximum Gasteiger partial charge on any atom is 0.0913 e. The molecule has 60 valence electrons. The van der Waals surface area contributed by atoms with E-state index in [9.17, 15) is 0 Å². The van der Waals surface area contributed by atoms with Gasteiger partial charge in [0, 0.05) is 17.4 Å². The van der Waals surface area contributed by atoms with Crippen LogP contribution in [0.1, 0.15) is 13.3 Å². The number of hydrogen-bond donors (Lipinski definition) is 3. The Kier molecular flexibility index (Phi) is 5.43. The molecule has 0 saturated carbocycles. The number of aliphatic hydroxyl groups excluding tert-OH is 1. The van der Waals surface area contributed by atoms with Crippen molar-refractivity contribution in [1.82, 2.24) is 0 Å². The third-order valence-corrected chi connectivity index (χ3v) is 2.19. The van der Waals surface area contributed by atoms with Gasteiger partial charge in [-0.1, -0.05) is 6.92 Å². The molecule has 1 atom stereocenters. The molecule has 10 heavy (non-hydrogen) atoms. The van der Waals surface area contributed by atoms with Gasteiger partial charge in [-0.25, -0.2) is 0 Å². The smallest absolute Gasteiger partial charge is 0.0913 e. The second-order valence-electron chi connectivity index (χ2n) is 2.14. The lowest BCUT2D eigenvalue weighted by Crippen LogP contribution is -2.12. The number of hydrogen-bond acceptors (Lipinski definition) is 3. The van der Waals surface area contributed by atoms with Crippen molar-refractivity contribution in [3.63, 3.8) is 0 Å². The summed E-state index contributed by atoms with van der Waals surface area (Å²) in [5.41, 5.74) is 5.13. The maximum absolute atomic E-state index is 8.59. The van der Waals surface area contributed by atoms with E-state index in [4.69, 9.17) is 16.2 Å². The Morgan fingerprint density at radius 2 is 2.40 bits per heavy atom. The molecule has 0 bridgehead atoms. The lowest BCUT2D eigenvalue weighted by atomic mass is 10.5. The van der Waals surface area contributed by atoms with E-state index in [2.05, 4.69) is 0 Å². The molecule has 0 aliphatic heterocycles. The van der Waals surface area contributed by atoms with Crippen molar-refractivity contribution < 1.29 is 5.11 Å². The van der Waals surface area contributed by atoms with Gasteiger partial charge in [0.1, 0.15) is 0 Å². The Morgan fingerprint density at radius 1 is 1.80 bits per heavy atom. The van der Waals surface area contributed by atoms with Gasteiger partial charge in [-0.2, -0.15) is 11.8 Å². The molecule has 0 amide bonds. The van der Waals surface area contributed by atoms with Crippen molar-refractivity contribution in [3.05, 3.63) is 0 Å². The SMILES string of the molecule is CC(CO)SCCC(=N)N. The molecule has 0 aromatic rings. The molecule has 0 aliphatic rings. The van der Waals surface area contributed by atoms with Crippen LogP contribution in [0.2, 0.25) is 0 Å². The van der Waals surface area contributed by atoms with Crippen molar-refractivity contribution in [2.75, 3.05) is 12.4 Å². The van der Waals surface area contributed by atoms with Crippen LogP contribution in [0.5, 0.6) is 0 Å². The molecular weight excluding hydrogens is 148 g/mol. The van der Waals surface area contributed by atoms with Gasteiger partial charge >= 0.3 is 0 Å². The Hall–Kier alpha value is -0.220. The fourth-order valence-electron chi connectivity index (χ4n) is 0.423. The van der Waals surface area contributed by atoms with Crippen LogP contribution in [-0.4, -0.2) is 28.6 Å². The summed E-state index contributed by atoms with van der Waals surface area (Å²) in [7, 11) is 0. The molecule has 0 radical (unpaired) electrons. The first-order valence-electron chi connectivity index (χ1n) is 3.22. The van der Waals surface area contributed by atoms with E-state index in [0.29, 0.717) is 6.42 Å². The van der Waals surface area contributed by atoms with Crippen molar-refractivity contribution >= 4 is 17.6 Å². The first-order chi connectivity index (χ1) is 4.66. The summed E-state index contributed by atoms with van der Waals surface area (Å²) in [6.07, 6.45) is 0.620. The maximum atomic E-state index is 8.59. The van der Waals surface area contributed by atoms with Gasteiger partial charge in [0.05, 0.1) is 12.4 Å². The van der Waals surface area contributed by atoms with Crippen molar-refractivity contribution in [2.24, 2.45) is 5.73 Å². The van der Waals surface area contributed by atoms with E-state index in [1.165, 1.54) is 0 Å². The van der Waals surface area contributed by atoms with Crippen molar-refractivity contribution in [1.29, 1.82) is 5.41 Å². The molecule has 4 N–H and O–H groups in total. The predicted octanol–water partition coefficient (Wildman–Crippen LogP) is 0.426. The van der Waals surface area contributed by atoms with E-state index >= 15 is 0 Å². The largest absolute Gasteiger partial charge is 0.395 e. The number of thioether (sulfide) groups is 1. The fraction of sp³-hybridized carbons (Fsp3) is 0.833. The van der Waals surface area contributed by atoms with Gasteiger partial charge in [-0.15, -0.1) is 0 Å². The van der Waals surface area contributed by atoms with Crippen LogP contribution in [0.15, 0.2) is 0 Å². The topological polar surface area (TPSA) is 70.1 Å². The predicted molar refractivity (Wildman–Crippen MR) is 45.5 cm³/mol. The molecule has 0 aliphatic carbocycles. The molecular formula is C6H14N2OS. The summed E-state index contributed by atoms with van der Waals surface area (Å²) >= 11 is 1.63. The second kappa shape index (κ2) is 5.56. The Morgan fingerprint density at radius 3 is 2.80 bits per heavy atom. The number of nitrogens with two attached hydrogens (primary N) is 1. The zero-order valence-corrected chi connectivity index (χ0v) is 6.95. The summed E-state index contributed by atoms with van der Waals surface area (Å²) in [5.74, 6) is 1.05. The van der Waals surface area contributed by atoms with Crippen LogP contribution in [0.3, 0.4) is 0 Å². The highest BCUT2D eigenvalue weighted by Crippen LogP contribution is 2.09.